The van der Waals surface area contributed by atoms with E-state index >= 15 is 0 Å². The summed E-state index contributed by atoms with van der Waals surface area (Å²) in [6.07, 6.45) is 2.38. The number of carbonyl (C=O) groups is 3. The summed E-state index contributed by atoms with van der Waals surface area (Å²) in [5.74, 6) is -1.10. The lowest BCUT2D eigenvalue weighted by Crippen LogP contribution is -2.42. The molecule has 0 saturated heterocycles. The second kappa shape index (κ2) is 7.63. The SMILES string of the molecule is CC(C)S(=O)(=O)N[C@H]1CC[C@H](C(=O)Nc2ccc3c(c2)C(=O)N(C)C3=O)CC1. The highest BCUT2D eigenvalue weighted by Crippen LogP contribution is 2.28. The summed E-state index contributed by atoms with van der Waals surface area (Å²) in [4.78, 5) is 37.6. The van der Waals surface area contributed by atoms with Crippen molar-refractivity contribution in [2.45, 2.75) is 50.8 Å². The Morgan fingerprint density at radius 2 is 1.68 bits per heavy atom. The molecule has 9 heteroatoms. The van der Waals surface area contributed by atoms with Gasteiger partial charge in [-0.1, -0.05) is 0 Å². The average Bonchev–Trinajstić information content (AvgIpc) is 2.86. The summed E-state index contributed by atoms with van der Waals surface area (Å²) >= 11 is 0. The largest absolute Gasteiger partial charge is 0.326 e. The quantitative estimate of drug-likeness (QED) is 0.722. The van der Waals surface area contributed by atoms with Gasteiger partial charge in [0, 0.05) is 24.7 Å². The molecule has 1 saturated carbocycles. The molecule has 1 heterocycles. The zero-order valence-corrected chi connectivity index (χ0v) is 17.0. The Labute approximate surface area is 164 Å². The fraction of sp³-hybridized carbons (Fsp3) is 0.526. The minimum absolute atomic E-state index is 0.143. The van der Waals surface area contributed by atoms with Crippen LogP contribution in [0.5, 0.6) is 0 Å². The fourth-order valence-corrected chi connectivity index (χ4v) is 4.50. The topological polar surface area (TPSA) is 113 Å². The zero-order valence-electron chi connectivity index (χ0n) is 16.2. The van der Waals surface area contributed by atoms with Crippen LogP contribution in [0.2, 0.25) is 0 Å². The lowest BCUT2D eigenvalue weighted by molar-refractivity contribution is -0.120. The van der Waals surface area contributed by atoms with Gasteiger partial charge in [-0.3, -0.25) is 19.3 Å². The van der Waals surface area contributed by atoms with Crippen molar-refractivity contribution in [3.63, 3.8) is 0 Å². The number of nitrogens with one attached hydrogen (secondary N) is 2. The first-order valence-electron chi connectivity index (χ1n) is 9.38. The van der Waals surface area contributed by atoms with Crippen molar-refractivity contribution in [2.75, 3.05) is 12.4 Å². The Bertz CT molecular complexity index is 917. The number of anilines is 1. The molecular weight excluding hydrogens is 382 g/mol. The zero-order chi connectivity index (χ0) is 20.6. The molecule has 152 valence electrons. The van der Waals surface area contributed by atoms with E-state index in [0.717, 1.165) is 4.90 Å². The van der Waals surface area contributed by atoms with Crippen LogP contribution < -0.4 is 10.0 Å². The van der Waals surface area contributed by atoms with Gasteiger partial charge in [-0.2, -0.15) is 0 Å². The van der Waals surface area contributed by atoms with Gasteiger partial charge in [-0.25, -0.2) is 13.1 Å². The molecule has 1 aliphatic carbocycles. The van der Waals surface area contributed by atoms with Crippen LogP contribution in [0.25, 0.3) is 0 Å². The van der Waals surface area contributed by atoms with Gasteiger partial charge >= 0.3 is 0 Å². The molecule has 1 fully saturated rings. The Hall–Kier alpha value is -2.26. The highest BCUT2D eigenvalue weighted by molar-refractivity contribution is 7.90. The third-order valence-corrected chi connectivity index (χ3v) is 7.31. The molecule has 8 nitrogen and oxygen atoms in total. The number of rotatable bonds is 5. The molecule has 0 radical (unpaired) electrons. The second-order valence-electron chi connectivity index (χ2n) is 7.68. The van der Waals surface area contributed by atoms with Crippen LogP contribution in [0, 0.1) is 5.92 Å². The Morgan fingerprint density at radius 3 is 2.29 bits per heavy atom. The van der Waals surface area contributed by atoms with E-state index in [9.17, 15) is 22.8 Å². The monoisotopic (exact) mass is 407 g/mol. The van der Waals surface area contributed by atoms with Crippen molar-refractivity contribution < 1.29 is 22.8 Å². The minimum Gasteiger partial charge on any atom is -0.326 e. The summed E-state index contributed by atoms with van der Waals surface area (Å²) in [6, 6.07) is 4.55. The molecule has 1 aromatic carbocycles. The van der Waals surface area contributed by atoms with E-state index in [4.69, 9.17) is 0 Å². The molecule has 1 aromatic rings. The van der Waals surface area contributed by atoms with E-state index in [1.54, 1.807) is 26.0 Å². The van der Waals surface area contributed by atoms with Gasteiger partial charge in [0.1, 0.15) is 0 Å². The first kappa shape index (κ1) is 20.5. The molecule has 0 atom stereocenters. The van der Waals surface area contributed by atoms with E-state index in [2.05, 4.69) is 10.0 Å². The number of fused-ring (bicyclic) bond motifs is 1. The molecule has 0 spiro atoms. The predicted molar refractivity (Wildman–Crippen MR) is 104 cm³/mol. The molecule has 0 aromatic heterocycles. The molecule has 1 aliphatic heterocycles. The third-order valence-electron chi connectivity index (χ3n) is 5.41. The molecule has 3 amide bonds. The van der Waals surface area contributed by atoms with E-state index in [1.807, 2.05) is 0 Å². The van der Waals surface area contributed by atoms with Crippen LogP contribution >= 0.6 is 0 Å². The molecule has 2 N–H and O–H groups in total. The molecule has 2 aliphatic rings. The molecule has 28 heavy (non-hydrogen) atoms. The highest BCUT2D eigenvalue weighted by Gasteiger charge is 2.33. The number of nitrogens with zero attached hydrogens (tertiary/aromatic N) is 1. The maximum Gasteiger partial charge on any atom is 0.261 e. The highest BCUT2D eigenvalue weighted by atomic mass is 32.2. The van der Waals surface area contributed by atoms with Crippen LogP contribution in [-0.4, -0.2) is 49.4 Å². The number of hydrogen-bond donors (Lipinski definition) is 2. The Balaban J connectivity index is 1.59. The number of sulfonamides is 1. The second-order valence-corrected chi connectivity index (χ2v) is 9.95. The summed E-state index contributed by atoms with van der Waals surface area (Å²) < 4.78 is 26.7. The van der Waals surface area contributed by atoms with Gasteiger partial charge in [-0.05, 0) is 57.7 Å². The number of imide groups is 1. The van der Waals surface area contributed by atoms with Gasteiger partial charge in [0.15, 0.2) is 0 Å². The average molecular weight is 407 g/mol. The first-order valence-corrected chi connectivity index (χ1v) is 10.9. The van der Waals surface area contributed by atoms with Crippen LogP contribution in [0.3, 0.4) is 0 Å². The minimum atomic E-state index is -3.32. The molecule has 3 rings (SSSR count). The van der Waals surface area contributed by atoms with Crippen molar-refractivity contribution in [1.29, 1.82) is 0 Å². The van der Waals surface area contributed by atoms with Gasteiger partial charge in [0.25, 0.3) is 11.8 Å². The van der Waals surface area contributed by atoms with Crippen LogP contribution in [0.15, 0.2) is 18.2 Å². The van der Waals surface area contributed by atoms with Crippen LogP contribution in [0.1, 0.15) is 60.2 Å². The van der Waals surface area contributed by atoms with Crippen molar-refractivity contribution in [2.24, 2.45) is 5.92 Å². The fourth-order valence-electron chi connectivity index (χ4n) is 3.53. The summed E-state index contributed by atoms with van der Waals surface area (Å²) in [7, 11) is -1.89. The van der Waals surface area contributed by atoms with Gasteiger partial charge < -0.3 is 5.32 Å². The van der Waals surface area contributed by atoms with Crippen molar-refractivity contribution in [1.82, 2.24) is 9.62 Å². The number of carbonyl (C=O) groups excluding carboxylic acids is 3. The lowest BCUT2D eigenvalue weighted by Gasteiger charge is -2.28. The van der Waals surface area contributed by atoms with Crippen molar-refractivity contribution >= 4 is 33.4 Å². The normalized spacial score (nSPS) is 22.5. The Morgan fingerprint density at radius 1 is 1.07 bits per heavy atom. The maximum absolute atomic E-state index is 12.6. The van der Waals surface area contributed by atoms with Crippen LogP contribution in [-0.2, 0) is 14.8 Å². The standard InChI is InChI=1S/C19H25N3O5S/c1-11(2)28(26,27)21-13-6-4-12(5-7-13)17(23)20-14-8-9-15-16(10-14)19(25)22(3)18(15)24/h8-13,21H,4-7H2,1-3H3,(H,20,23)/t12-,13-. The number of hydrogen-bond acceptors (Lipinski definition) is 5. The number of benzene rings is 1. The van der Waals surface area contributed by atoms with Crippen molar-refractivity contribution in [3.8, 4) is 0 Å². The van der Waals surface area contributed by atoms with Crippen LogP contribution in [0.4, 0.5) is 5.69 Å². The first-order chi connectivity index (χ1) is 13.1. The van der Waals surface area contributed by atoms with E-state index < -0.39 is 15.3 Å². The van der Waals surface area contributed by atoms with Crippen molar-refractivity contribution in [3.05, 3.63) is 29.3 Å². The lowest BCUT2D eigenvalue weighted by atomic mass is 9.86. The molecule has 0 bridgehead atoms. The third kappa shape index (κ3) is 3.95. The summed E-state index contributed by atoms with van der Waals surface area (Å²) in [6.45, 7) is 3.27. The smallest absolute Gasteiger partial charge is 0.261 e. The molecule has 0 unspecified atom stereocenters. The maximum atomic E-state index is 12.6. The summed E-state index contributed by atoms with van der Waals surface area (Å²) in [5.41, 5.74) is 1.10. The van der Waals surface area contributed by atoms with E-state index in [-0.39, 0.29) is 35.2 Å². The van der Waals surface area contributed by atoms with E-state index in [1.165, 1.54) is 13.1 Å². The van der Waals surface area contributed by atoms with Gasteiger partial charge in [0.2, 0.25) is 15.9 Å². The Kier molecular flexibility index (Phi) is 5.58. The van der Waals surface area contributed by atoms with E-state index in [0.29, 0.717) is 36.9 Å². The summed E-state index contributed by atoms with van der Waals surface area (Å²) in [5, 5.41) is 2.33. The number of amides is 3. The molecular formula is C19H25N3O5S. The van der Waals surface area contributed by atoms with Gasteiger partial charge in [0.05, 0.1) is 16.4 Å². The van der Waals surface area contributed by atoms with Gasteiger partial charge in [-0.15, -0.1) is 0 Å². The predicted octanol–water partition coefficient (Wildman–Crippen LogP) is 1.74.